The van der Waals surface area contributed by atoms with Crippen molar-refractivity contribution in [3.8, 4) is 0 Å². The number of hydrogen-bond donors (Lipinski definition) is 1. The van der Waals surface area contributed by atoms with Crippen LogP contribution in [0.3, 0.4) is 0 Å². The molecule has 1 heteroatoms. The van der Waals surface area contributed by atoms with E-state index in [0.717, 1.165) is 19.5 Å². The van der Waals surface area contributed by atoms with Crippen molar-refractivity contribution >= 4 is 0 Å². The summed E-state index contributed by atoms with van der Waals surface area (Å²) in [6, 6.07) is 0. The predicted octanol–water partition coefficient (Wildman–Crippen LogP) is 2.20. The third kappa shape index (κ3) is 2.21. The van der Waals surface area contributed by atoms with Gasteiger partial charge in [0.15, 0.2) is 0 Å². The normalized spacial score (nSPS) is 18.3. The van der Waals surface area contributed by atoms with Gasteiger partial charge in [-0.1, -0.05) is 37.5 Å². The summed E-state index contributed by atoms with van der Waals surface area (Å²) in [5, 5.41) is 3.27. The Kier molecular flexibility index (Phi) is 3.55. The van der Waals surface area contributed by atoms with E-state index in [9.17, 15) is 0 Å². The van der Waals surface area contributed by atoms with Crippen LogP contribution in [0.15, 0.2) is 48.6 Å². The van der Waals surface area contributed by atoms with E-state index in [1.807, 2.05) is 12.2 Å². The summed E-state index contributed by atoms with van der Waals surface area (Å²) >= 11 is 0. The van der Waals surface area contributed by atoms with Crippen LogP contribution in [0.5, 0.6) is 0 Å². The first-order valence-corrected chi connectivity index (χ1v) is 4.23. The lowest BCUT2D eigenvalue weighted by atomic mass is 10.00. The standard InChI is InChI=1S/C11H15N/c1-3-5-10(4-2)11-6-8-12-9-7-11/h3-6,12H,1-2,7-9H2/b10-5+. The van der Waals surface area contributed by atoms with Crippen LogP contribution in [0.4, 0.5) is 0 Å². The van der Waals surface area contributed by atoms with Crippen molar-refractivity contribution < 1.29 is 0 Å². The SMILES string of the molecule is C=C/C=C(\C=C)C1=CCNCC1. The molecule has 0 spiro atoms. The van der Waals surface area contributed by atoms with Gasteiger partial charge in [0.1, 0.15) is 0 Å². The van der Waals surface area contributed by atoms with Gasteiger partial charge in [0.2, 0.25) is 0 Å². The Morgan fingerprint density at radius 2 is 2.33 bits per heavy atom. The summed E-state index contributed by atoms with van der Waals surface area (Å²) in [6.07, 6.45) is 9.00. The second-order valence-electron chi connectivity index (χ2n) is 2.75. The number of allylic oxidation sites excluding steroid dienone is 4. The lowest BCUT2D eigenvalue weighted by molar-refractivity contribution is 0.709. The monoisotopic (exact) mass is 161 g/mol. The van der Waals surface area contributed by atoms with E-state index in [1.54, 1.807) is 6.08 Å². The van der Waals surface area contributed by atoms with E-state index in [-0.39, 0.29) is 0 Å². The highest BCUT2D eigenvalue weighted by atomic mass is 14.8. The molecule has 0 bridgehead atoms. The molecule has 0 fully saturated rings. The minimum Gasteiger partial charge on any atom is -0.313 e. The Balaban J connectivity index is 2.77. The molecule has 12 heavy (non-hydrogen) atoms. The van der Waals surface area contributed by atoms with Crippen molar-refractivity contribution in [3.05, 3.63) is 48.6 Å². The maximum Gasteiger partial charge on any atom is 0.0140 e. The van der Waals surface area contributed by atoms with Gasteiger partial charge >= 0.3 is 0 Å². The third-order valence-electron chi connectivity index (χ3n) is 1.95. The predicted molar refractivity (Wildman–Crippen MR) is 54.0 cm³/mol. The highest BCUT2D eigenvalue weighted by Gasteiger charge is 2.04. The molecule has 1 N–H and O–H groups in total. The van der Waals surface area contributed by atoms with Crippen molar-refractivity contribution in [2.75, 3.05) is 13.1 Å². The highest BCUT2D eigenvalue weighted by Crippen LogP contribution is 2.16. The Labute approximate surface area is 74.2 Å². The molecule has 0 amide bonds. The topological polar surface area (TPSA) is 12.0 Å². The van der Waals surface area contributed by atoms with Gasteiger partial charge in [-0.25, -0.2) is 0 Å². The fourth-order valence-electron chi connectivity index (χ4n) is 1.32. The van der Waals surface area contributed by atoms with Gasteiger partial charge in [-0.2, -0.15) is 0 Å². The molecule has 0 aromatic carbocycles. The van der Waals surface area contributed by atoms with Gasteiger partial charge in [-0.05, 0) is 24.1 Å². The van der Waals surface area contributed by atoms with Crippen molar-refractivity contribution in [1.29, 1.82) is 0 Å². The first-order chi connectivity index (χ1) is 5.88. The van der Waals surface area contributed by atoms with E-state index in [2.05, 4.69) is 24.6 Å². The van der Waals surface area contributed by atoms with Crippen LogP contribution in [0.2, 0.25) is 0 Å². The first kappa shape index (κ1) is 9.01. The maximum atomic E-state index is 3.78. The Morgan fingerprint density at radius 1 is 1.50 bits per heavy atom. The lowest BCUT2D eigenvalue weighted by Gasteiger charge is -2.14. The molecule has 1 aliphatic heterocycles. The molecule has 0 aliphatic carbocycles. The smallest absolute Gasteiger partial charge is 0.0140 e. The Morgan fingerprint density at radius 3 is 2.83 bits per heavy atom. The van der Waals surface area contributed by atoms with Crippen LogP contribution in [-0.4, -0.2) is 13.1 Å². The fourth-order valence-corrected chi connectivity index (χ4v) is 1.32. The largest absolute Gasteiger partial charge is 0.313 e. The molecule has 1 aliphatic rings. The van der Waals surface area contributed by atoms with E-state index in [0.29, 0.717) is 0 Å². The minimum atomic E-state index is 0.970. The molecular weight excluding hydrogens is 146 g/mol. The van der Waals surface area contributed by atoms with Crippen molar-refractivity contribution in [3.63, 3.8) is 0 Å². The summed E-state index contributed by atoms with van der Waals surface area (Å²) in [5.41, 5.74) is 2.58. The van der Waals surface area contributed by atoms with Gasteiger partial charge in [-0.3, -0.25) is 0 Å². The maximum absolute atomic E-state index is 3.78. The number of rotatable bonds is 3. The second-order valence-corrected chi connectivity index (χ2v) is 2.75. The van der Waals surface area contributed by atoms with Gasteiger partial charge in [0, 0.05) is 6.54 Å². The molecular formula is C11H15N. The van der Waals surface area contributed by atoms with Crippen LogP contribution in [-0.2, 0) is 0 Å². The molecule has 0 atom stereocenters. The van der Waals surface area contributed by atoms with Crippen molar-refractivity contribution in [2.45, 2.75) is 6.42 Å². The molecule has 0 saturated carbocycles. The lowest BCUT2D eigenvalue weighted by Crippen LogP contribution is -2.20. The summed E-state index contributed by atoms with van der Waals surface area (Å²) in [4.78, 5) is 0. The molecule has 64 valence electrons. The van der Waals surface area contributed by atoms with E-state index in [1.165, 1.54) is 11.1 Å². The van der Waals surface area contributed by atoms with E-state index in [4.69, 9.17) is 0 Å². The van der Waals surface area contributed by atoms with Crippen LogP contribution < -0.4 is 5.32 Å². The number of hydrogen-bond acceptors (Lipinski definition) is 1. The zero-order valence-electron chi connectivity index (χ0n) is 7.34. The quantitative estimate of drug-likeness (QED) is 0.626. The summed E-state index contributed by atoms with van der Waals surface area (Å²) in [7, 11) is 0. The average molecular weight is 161 g/mol. The minimum absolute atomic E-state index is 0.970. The van der Waals surface area contributed by atoms with Crippen LogP contribution in [0.1, 0.15) is 6.42 Å². The molecule has 0 saturated heterocycles. The molecule has 1 nitrogen and oxygen atoms in total. The van der Waals surface area contributed by atoms with Crippen LogP contribution in [0.25, 0.3) is 0 Å². The van der Waals surface area contributed by atoms with Gasteiger partial charge in [0.05, 0.1) is 0 Å². The second kappa shape index (κ2) is 4.73. The summed E-state index contributed by atoms with van der Waals surface area (Å²) < 4.78 is 0. The molecule has 1 heterocycles. The van der Waals surface area contributed by atoms with Gasteiger partial charge < -0.3 is 5.32 Å². The van der Waals surface area contributed by atoms with Gasteiger partial charge in [-0.15, -0.1) is 0 Å². The molecule has 1 rings (SSSR count). The third-order valence-corrected chi connectivity index (χ3v) is 1.95. The average Bonchev–Trinajstić information content (AvgIpc) is 2.15. The molecule has 0 aromatic heterocycles. The van der Waals surface area contributed by atoms with E-state index < -0.39 is 0 Å². The van der Waals surface area contributed by atoms with E-state index >= 15 is 0 Å². The molecule has 0 radical (unpaired) electrons. The molecule has 0 aromatic rings. The molecule has 0 unspecified atom stereocenters. The highest BCUT2D eigenvalue weighted by molar-refractivity contribution is 5.41. The number of nitrogens with one attached hydrogen (secondary N) is 1. The van der Waals surface area contributed by atoms with Crippen LogP contribution >= 0.6 is 0 Å². The van der Waals surface area contributed by atoms with Crippen LogP contribution in [0, 0.1) is 0 Å². The van der Waals surface area contributed by atoms with Crippen molar-refractivity contribution in [2.24, 2.45) is 0 Å². The van der Waals surface area contributed by atoms with Gasteiger partial charge in [0.25, 0.3) is 0 Å². The zero-order chi connectivity index (χ0) is 8.81. The first-order valence-electron chi connectivity index (χ1n) is 4.23. The van der Waals surface area contributed by atoms with Crippen molar-refractivity contribution in [1.82, 2.24) is 5.32 Å². The Bertz CT molecular complexity index is 233. The summed E-state index contributed by atoms with van der Waals surface area (Å²) in [5.74, 6) is 0. The zero-order valence-corrected chi connectivity index (χ0v) is 7.34. The fraction of sp³-hybridized carbons (Fsp3) is 0.273. The Hall–Kier alpha value is -1.08. The summed E-state index contributed by atoms with van der Waals surface area (Å²) in [6.45, 7) is 9.49.